The van der Waals surface area contributed by atoms with E-state index in [2.05, 4.69) is 61.0 Å². The molecule has 0 saturated heterocycles. The van der Waals surface area contributed by atoms with E-state index in [9.17, 15) is 0 Å². The molecule has 1 unspecified atom stereocenters. The predicted octanol–water partition coefficient (Wildman–Crippen LogP) is 4.48. The van der Waals surface area contributed by atoms with Crippen molar-refractivity contribution in [3.63, 3.8) is 0 Å². The highest BCUT2D eigenvalue weighted by atomic mass is 79.9. The van der Waals surface area contributed by atoms with E-state index in [1.165, 1.54) is 20.9 Å². The van der Waals surface area contributed by atoms with E-state index < -0.39 is 0 Å². The molecule has 0 amide bonds. The highest BCUT2D eigenvalue weighted by Crippen LogP contribution is 2.30. The lowest BCUT2D eigenvalue weighted by atomic mass is 9.99. The summed E-state index contributed by atoms with van der Waals surface area (Å²) in [6, 6.07) is 8.49. The van der Waals surface area contributed by atoms with Crippen molar-refractivity contribution in [3.8, 4) is 0 Å². The quantitative estimate of drug-likeness (QED) is 0.869. The summed E-state index contributed by atoms with van der Waals surface area (Å²) in [4.78, 5) is 2.63. The molecule has 0 saturated carbocycles. The number of rotatable bonds is 2. The Hall–Kier alpha value is -0.640. The fourth-order valence-corrected chi connectivity index (χ4v) is 3.31. The third kappa shape index (κ3) is 2.62. The molecule has 2 aromatic rings. The van der Waals surface area contributed by atoms with E-state index in [-0.39, 0.29) is 6.04 Å². The molecule has 0 aliphatic rings. The molecular weight excluding hydrogens is 294 g/mol. The van der Waals surface area contributed by atoms with Gasteiger partial charge >= 0.3 is 0 Å². The molecule has 3 heteroatoms. The van der Waals surface area contributed by atoms with Gasteiger partial charge in [-0.05, 0) is 49.6 Å². The van der Waals surface area contributed by atoms with Crippen LogP contribution in [0.3, 0.4) is 0 Å². The summed E-state index contributed by atoms with van der Waals surface area (Å²) in [5, 5.41) is 0. The third-order valence-electron chi connectivity index (χ3n) is 2.97. The summed E-state index contributed by atoms with van der Waals surface area (Å²) in [5.41, 5.74) is 9.97. The highest BCUT2D eigenvalue weighted by Gasteiger charge is 2.14. The molecule has 0 bridgehead atoms. The van der Waals surface area contributed by atoms with E-state index in [4.69, 9.17) is 5.73 Å². The Morgan fingerprint density at radius 3 is 2.41 bits per heavy atom. The molecular formula is C14H16BrNS. The fourth-order valence-electron chi connectivity index (χ4n) is 1.94. The van der Waals surface area contributed by atoms with Crippen molar-refractivity contribution in [3.05, 3.63) is 55.2 Å². The zero-order chi connectivity index (χ0) is 12.6. The van der Waals surface area contributed by atoms with Gasteiger partial charge in [0.25, 0.3) is 0 Å². The largest absolute Gasteiger partial charge is 0.320 e. The summed E-state index contributed by atoms with van der Waals surface area (Å²) in [7, 11) is 0. The van der Waals surface area contributed by atoms with Crippen LogP contribution in [0.4, 0.5) is 0 Å². The first kappa shape index (κ1) is 12.8. The number of benzene rings is 1. The Kier molecular flexibility index (Phi) is 3.71. The van der Waals surface area contributed by atoms with Gasteiger partial charge in [0.2, 0.25) is 0 Å². The molecule has 0 aliphatic carbocycles. The minimum Gasteiger partial charge on any atom is -0.320 e. The van der Waals surface area contributed by atoms with E-state index in [1.807, 2.05) is 11.3 Å². The molecule has 0 fully saturated rings. The van der Waals surface area contributed by atoms with Crippen LogP contribution in [0.5, 0.6) is 0 Å². The van der Waals surface area contributed by atoms with Gasteiger partial charge < -0.3 is 5.73 Å². The lowest BCUT2D eigenvalue weighted by molar-refractivity contribution is 0.867. The average Bonchev–Trinajstić information content (AvgIpc) is 2.61. The molecule has 17 heavy (non-hydrogen) atoms. The van der Waals surface area contributed by atoms with Gasteiger partial charge in [-0.2, -0.15) is 0 Å². The topological polar surface area (TPSA) is 26.0 Å². The van der Waals surface area contributed by atoms with E-state index in [0.29, 0.717) is 0 Å². The molecule has 2 rings (SSSR count). The van der Waals surface area contributed by atoms with Crippen molar-refractivity contribution >= 4 is 27.3 Å². The lowest BCUT2D eigenvalue weighted by Crippen LogP contribution is -2.12. The van der Waals surface area contributed by atoms with E-state index >= 15 is 0 Å². The molecule has 1 aromatic heterocycles. The second-order valence-corrected chi connectivity index (χ2v) is 6.67. The molecule has 0 aliphatic heterocycles. The van der Waals surface area contributed by atoms with Crippen molar-refractivity contribution in [1.29, 1.82) is 0 Å². The molecule has 1 aromatic carbocycles. The Labute approximate surface area is 115 Å². The highest BCUT2D eigenvalue weighted by molar-refractivity contribution is 9.10. The second-order valence-electron chi connectivity index (χ2n) is 4.35. The summed E-state index contributed by atoms with van der Waals surface area (Å²) in [6.45, 7) is 6.34. The number of hydrogen-bond acceptors (Lipinski definition) is 2. The van der Waals surface area contributed by atoms with Gasteiger partial charge in [0.05, 0.1) is 6.04 Å². The molecule has 0 radical (unpaired) electrons. The summed E-state index contributed by atoms with van der Waals surface area (Å²) >= 11 is 5.37. The molecule has 90 valence electrons. The number of halogens is 1. The maximum Gasteiger partial charge on any atom is 0.0563 e. The minimum absolute atomic E-state index is 0.0307. The number of thiophene rings is 1. The second kappa shape index (κ2) is 4.92. The first-order valence-corrected chi connectivity index (χ1v) is 7.18. The van der Waals surface area contributed by atoms with Crippen LogP contribution in [-0.2, 0) is 0 Å². The van der Waals surface area contributed by atoms with Gasteiger partial charge in [-0.1, -0.05) is 28.1 Å². The van der Waals surface area contributed by atoms with Crippen LogP contribution in [0.2, 0.25) is 0 Å². The normalized spacial score (nSPS) is 12.8. The zero-order valence-corrected chi connectivity index (χ0v) is 12.7. The number of nitrogens with two attached hydrogens (primary N) is 1. The lowest BCUT2D eigenvalue weighted by Gasteiger charge is -2.13. The zero-order valence-electron chi connectivity index (χ0n) is 10.3. The molecule has 1 nitrogen and oxygen atoms in total. The Morgan fingerprint density at radius 1 is 1.18 bits per heavy atom. The first-order valence-electron chi connectivity index (χ1n) is 5.57. The van der Waals surface area contributed by atoms with Crippen LogP contribution in [-0.4, -0.2) is 0 Å². The van der Waals surface area contributed by atoms with E-state index in [0.717, 1.165) is 10.0 Å². The predicted molar refractivity (Wildman–Crippen MR) is 78.7 cm³/mol. The van der Waals surface area contributed by atoms with Gasteiger partial charge in [-0.3, -0.25) is 0 Å². The van der Waals surface area contributed by atoms with Crippen molar-refractivity contribution in [2.45, 2.75) is 26.8 Å². The van der Waals surface area contributed by atoms with Gasteiger partial charge in [-0.25, -0.2) is 0 Å². The van der Waals surface area contributed by atoms with Crippen molar-refractivity contribution in [1.82, 2.24) is 0 Å². The van der Waals surface area contributed by atoms with Crippen LogP contribution < -0.4 is 5.73 Å². The van der Waals surface area contributed by atoms with Crippen LogP contribution in [0.25, 0.3) is 0 Å². The Morgan fingerprint density at radius 2 is 1.88 bits per heavy atom. The van der Waals surface area contributed by atoms with Crippen molar-refractivity contribution in [2.75, 3.05) is 0 Å². The van der Waals surface area contributed by atoms with Crippen molar-refractivity contribution < 1.29 is 0 Å². The molecule has 1 heterocycles. The third-order valence-corrected chi connectivity index (χ3v) is 4.81. The van der Waals surface area contributed by atoms with Crippen LogP contribution in [0, 0.1) is 20.8 Å². The smallest absolute Gasteiger partial charge is 0.0563 e. The monoisotopic (exact) mass is 309 g/mol. The molecule has 0 spiro atoms. The standard InChI is InChI=1S/C14H16BrNS/c1-8-4-5-11(7-13(8)15)14(16)12-6-9(2)17-10(12)3/h4-7,14H,16H2,1-3H3. The summed E-state index contributed by atoms with van der Waals surface area (Å²) < 4.78 is 1.12. The molecule has 2 N–H and O–H groups in total. The fraction of sp³-hybridized carbons (Fsp3) is 0.286. The molecule has 1 atom stereocenters. The number of hydrogen-bond donors (Lipinski definition) is 1. The van der Waals surface area contributed by atoms with Crippen LogP contribution in [0.1, 0.15) is 32.5 Å². The minimum atomic E-state index is -0.0307. The van der Waals surface area contributed by atoms with Crippen LogP contribution in [0.15, 0.2) is 28.7 Å². The van der Waals surface area contributed by atoms with Crippen LogP contribution >= 0.6 is 27.3 Å². The SMILES string of the molecule is Cc1cc(C(N)c2ccc(C)c(Br)c2)c(C)s1. The Bertz CT molecular complexity index is 545. The number of aryl methyl sites for hydroxylation is 3. The van der Waals surface area contributed by atoms with Gasteiger partial charge in [-0.15, -0.1) is 11.3 Å². The van der Waals surface area contributed by atoms with Gasteiger partial charge in [0, 0.05) is 14.2 Å². The maximum absolute atomic E-state index is 6.34. The summed E-state index contributed by atoms with van der Waals surface area (Å²) in [6.07, 6.45) is 0. The van der Waals surface area contributed by atoms with E-state index in [1.54, 1.807) is 0 Å². The maximum atomic E-state index is 6.34. The first-order chi connectivity index (χ1) is 7.99. The Balaban J connectivity index is 2.40. The van der Waals surface area contributed by atoms with Crippen molar-refractivity contribution in [2.24, 2.45) is 5.73 Å². The summed E-state index contributed by atoms with van der Waals surface area (Å²) in [5.74, 6) is 0. The van der Waals surface area contributed by atoms with Gasteiger partial charge in [0.15, 0.2) is 0 Å². The van der Waals surface area contributed by atoms with Gasteiger partial charge in [0.1, 0.15) is 0 Å². The average molecular weight is 310 g/mol.